The SMILES string of the molecule is CCNC(=NCc1ccsc1)NCC(=O)Nc1cccc(CC)c1. The summed E-state index contributed by atoms with van der Waals surface area (Å²) in [7, 11) is 0. The van der Waals surface area contributed by atoms with Crippen LogP contribution in [-0.4, -0.2) is 25.0 Å². The molecule has 1 aromatic heterocycles. The lowest BCUT2D eigenvalue weighted by molar-refractivity contribution is -0.115. The van der Waals surface area contributed by atoms with Gasteiger partial charge in [-0.25, -0.2) is 4.99 Å². The topological polar surface area (TPSA) is 65.5 Å². The number of thiophene rings is 1. The molecule has 0 fully saturated rings. The van der Waals surface area contributed by atoms with Crippen LogP contribution in [0.15, 0.2) is 46.1 Å². The Bertz CT molecular complexity index is 667. The number of guanidine groups is 1. The van der Waals surface area contributed by atoms with Crippen molar-refractivity contribution in [3.05, 3.63) is 52.2 Å². The first-order valence-electron chi connectivity index (χ1n) is 8.13. The second-order valence-electron chi connectivity index (χ2n) is 5.28. The Kier molecular flexibility index (Phi) is 7.29. The van der Waals surface area contributed by atoms with Crippen molar-refractivity contribution in [2.75, 3.05) is 18.4 Å². The smallest absolute Gasteiger partial charge is 0.243 e. The molecule has 1 amide bonds. The molecule has 2 rings (SSSR count). The van der Waals surface area contributed by atoms with E-state index in [2.05, 4.69) is 33.2 Å². The Labute approximate surface area is 147 Å². The molecule has 0 atom stereocenters. The average Bonchev–Trinajstić information content (AvgIpc) is 3.11. The molecule has 1 heterocycles. The molecule has 0 saturated heterocycles. The fraction of sp³-hybridized carbons (Fsp3) is 0.333. The molecule has 0 unspecified atom stereocenters. The number of rotatable bonds is 7. The van der Waals surface area contributed by atoms with Gasteiger partial charge in [0.05, 0.1) is 13.1 Å². The lowest BCUT2D eigenvalue weighted by Gasteiger charge is -2.11. The summed E-state index contributed by atoms with van der Waals surface area (Å²) >= 11 is 1.65. The van der Waals surface area contributed by atoms with Crippen molar-refractivity contribution in [1.29, 1.82) is 0 Å². The van der Waals surface area contributed by atoms with Crippen LogP contribution in [0.25, 0.3) is 0 Å². The van der Waals surface area contributed by atoms with Crippen LogP contribution in [0.3, 0.4) is 0 Å². The van der Waals surface area contributed by atoms with E-state index in [0.29, 0.717) is 12.5 Å². The van der Waals surface area contributed by atoms with Gasteiger partial charge in [-0.2, -0.15) is 11.3 Å². The van der Waals surface area contributed by atoms with Gasteiger partial charge in [0.15, 0.2) is 5.96 Å². The Morgan fingerprint density at radius 3 is 2.75 bits per heavy atom. The maximum atomic E-state index is 12.1. The van der Waals surface area contributed by atoms with Gasteiger partial charge in [-0.05, 0) is 53.4 Å². The predicted octanol–water partition coefficient (Wildman–Crippen LogP) is 3.00. The molecular weight excluding hydrogens is 320 g/mol. The van der Waals surface area contributed by atoms with Crippen LogP contribution in [0.5, 0.6) is 0 Å². The van der Waals surface area contributed by atoms with Gasteiger partial charge in [0.1, 0.15) is 0 Å². The van der Waals surface area contributed by atoms with Crippen LogP contribution in [0.4, 0.5) is 5.69 Å². The third-order valence-electron chi connectivity index (χ3n) is 3.38. The van der Waals surface area contributed by atoms with Gasteiger partial charge in [-0.1, -0.05) is 19.1 Å². The molecule has 5 nitrogen and oxygen atoms in total. The summed E-state index contributed by atoms with van der Waals surface area (Å²) in [4.78, 5) is 16.6. The van der Waals surface area contributed by atoms with Crippen molar-refractivity contribution in [2.24, 2.45) is 4.99 Å². The minimum atomic E-state index is -0.0932. The largest absolute Gasteiger partial charge is 0.357 e. The van der Waals surface area contributed by atoms with Gasteiger partial charge in [0.25, 0.3) is 0 Å². The van der Waals surface area contributed by atoms with Crippen molar-refractivity contribution < 1.29 is 4.79 Å². The van der Waals surface area contributed by atoms with Crippen LogP contribution in [0.1, 0.15) is 25.0 Å². The van der Waals surface area contributed by atoms with E-state index in [1.54, 1.807) is 11.3 Å². The zero-order valence-electron chi connectivity index (χ0n) is 14.1. The number of benzene rings is 1. The van der Waals surface area contributed by atoms with E-state index in [1.807, 2.05) is 42.6 Å². The number of aryl methyl sites for hydroxylation is 1. The van der Waals surface area contributed by atoms with Crippen LogP contribution in [0, 0.1) is 0 Å². The summed E-state index contributed by atoms with van der Waals surface area (Å²) in [5.41, 5.74) is 3.19. The third kappa shape index (κ3) is 6.04. The zero-order valence-corrected chi connectivity index (χ0v) is 15.0. The molecule has 0 bridgehead atoms. The van der Waals surface area contributed by atoms with Crippen molar-refractivity contribution in [3.63, 3.8) is 0 Å². The van der Waals surface area contributed by atoms with Gasteiger partial charge in [0, 0.05) is 12.2 Å². The van der Waals surface area contributed by atoms with Crippen molar-refractivity contribution >= 4 is 28.9 Å². The molecule has 24 heavy (non-hydrogen) atoms. The van der Waals surface area contributed by atoms with E-state index in [4.69, 9.17) is 0 Å². The number of nitrogens with one attached hydrogen (secondary N) is 3. The molecule has 0 spiro atoms. The van der Waals surface area contributed by atoms with E-state index in [0.717, 1.165) is 24.2 Å². The molecule has 0 radical (unpaired) electrons. The van der Waals surface area contributed by atoms with Crippen LogP contribution < -0.4 is 16.0 Å². The first-order valence-corrected chi connectivity index (χ1v) is 9.07. The zero-order chi connectivity index (χ0) is 17.2. The number of nitrogens with zero attached hydrogens (tertiary/aromatic N) is 1. The molecule has 6 heteroatoms. The number of anilines is 1. The second-order valence-corrected chi connectivity index (χ2v) is 6.06. The van der Waals surface area contributed by atoms with Crippen molar-refractivity contribution in [2.45, 2.75) is 26.8 Å². The third-order valence-corrected chi connectivity index (χ3v) is 4.11. The molecule has 2 aromatic rings. The molecule has 0 aliphatic carbocycles. The summed E-state index contributed by atoms with van der Waals surface area (Å²) < 4.78 is 0. The summed E-state index contributed by atoms with van der Waals surface area (Å²) in [5, 5.41) is 13.2. The Hall–Kier alpha value is -2.34. The summed E-state index contributed by atoms with van der Waals surface area (Å²) in [6.45, 7) is 5.60. The molecule has 0 aliphatic heterocycles. The second kappa shape index (κ2) is 9.72. The molecule has 1 aromatic carbocycles. The maximum Gasteiger partial charge on any atom is 0.243 e. The van der Waals surface area contributed by atoms with E-state index in [-0.39, 0.29) is 12.5 Å². The van der Waals surface area contributed by atoms with Gasteiger partial charge >= 0.3 is 0 Å². The molecule has 128 valence electrons. The van der Waals surface area contributed by atoms with E-state index in [1.165, 1.54) is 5.56 Å². The first-order chi connectivity index (χ1) is 11.7. The highest BCUT2D eigenvalue weighted by Gasteiger charge is 2.05. The Morgan fingerprint density at radius 2 is 2.04 bits per heavy atom. The van der Waals surface area contributed by atoms with Gasteiger partial charge in [0.2, 0.25) is 5.91 Å². The number of hydrogen-bond donors (Lipinski definition) is 3. The monoisotopic (exact) mass is 344 g/mol. The Balaban J connectivity index is 1.86. The van der Waals surface area contributed by atoms with Crippen molar-refractivity contribution in [1.82, 2.24) is 10.6 Å². The van der Waals surface area contributed by atoms with E-state index < -0.39 is 0 Å². The molecular formula is C18H24N4OS. The van der Waals surface area contributed by atoms with Crippen LogP contribution >= 0.6 is 11.3 Å². The lowest BCUT2D eigenvalue weighted by Crippen LogP contribution is -2.41. The first kappa shape index (κ1) is 18.0. The fourth-order valence-electron chi connectivity index (χ4n) is 2.13. The highest BCUT2D eigenvalue weighted by Crippen LogP contribution is 2.10. The normalized spacial score (nSPS) is 11.2. The number of hydrogen-bond acceptors (Lipinski definition) is 3. The molecule has 0 aliphatic rings. The van der Waals surface area contributed by atoms with E-state index >= 15 is 0 Å². The maximum absolute atomic E-state index is 12.1. The lowest BCUT2D eigenvalue weighted by atomic mass is 10.1. The van der Waals surface area contributed by atoms with Crippen LogP contribution in [0.2, 0.25) is 0 Å². The number of amides is 1. The molecule has 0 saturated carbocycles. The Morgan fingerprint density at radius 1 is 1.17 bits per heavy atom. The van der Waals surface area contributed by atoms with Gasteiger partial charge in [-0.15, -0.1) is 0 Å². The standard InChI is InChI=1S/C18H24N4OS/c1-3-14-6-5-7-16(10-14)22-17(23)12-21-18(19-4-2)20-11-15-8-9-24-13-15/h5-10,13H,3-4,11-12H2,1-2H3,(H,22,23)(H2,19,20,21). The molecule has 3 N–H and O–H groups in total. The quantitative estimate of drug-likeness (QED) is 0.534. The fourth-order valence-corrected chi connectivity index (χ4v) is 2.79. The predicted molar refractivity (Wildman–Crippen MR) is 102 cm³/mol. The van der Waals surface area contributed by atoms with Gasteiger partial charge in [-0.3, -0.25) is 4.79 Å². The highest BCUT2D eigenvalue weighted by molar-refractivity contribution is 7.07. The van der Waals surface area contributed by atoms with Crippen LogP contribution in [-0.2, 0) is 17.8 Å². The number of aliphatic imine (C=N–C) groups is 1. The minimum Gasteiger partial charge on any atom is -0.357 e. The number of carbonyl (C=O) groups excluding carboxylic acids is 1. The minimum absolute atomic E-state index is 0.0932. The summed E-state index contributed by atoms with van der Waals surface area (Å²) in [6.07, 6.45) is 0.946. The van der Waals surface area contributed by atoms with Gasteiger partial charge < -0.3 is 16.0 Å². The highest BCUT2D eigenvalue weighted by atomic mass is 32.1. The number of carbonyl (C=O) groups is 1. The summed E-state index contributed by atoms with van der Waals surface area (Å²) in [6, 6.07) is 9.94. The average molecular weight is 344 g/mol. The van der Waals surface area contributed by atoms with E-state index in [9.17, 15) is 4.79 Å². The van der Waals surface area contributed by atoms with Crippen molar-refractivity contribution in [3.8, 4) is 0 Å². The summed E-state index contributed by atoms with van der Waals surface area (Å²) in [5.74, 6) is 0.547.